The Bertz CT molecular complexity index is 444. The highest BCUT2D eigenvalue weighted by Crippen LogP contribution is 2.35. The minimum Gasteiger partial charge on any atom is -0.395 e. The normalized spacial score (nSPS) is 17.1. The molecule has 1 aromatic carbocycles. The second kappa shape index (κ2) is 5.88. The summed E-state index contributed by atoms with van der Waals surface area (Å²) in [5.41, 5.74) is 2.03. The van der Waals surface area contributed by atoms with Gasteiger partial charge in [-0.2, -0.15) is 0 Å². The number of aliphatic hydroxyl groups is 2. The summed E-state index contributed by atoms with van der Waals surface area (Å²) in [5.74, 6) is -0.294. The summed E-state index contributed by atoms with van der Waals surface area (Å²) >= 11 is 0. The van der Waals surface area contributed by atoms with Crippen LogP contribution in [0.1, 0.15) is 43.4 Å². The molecule has 1 atom stereocenters. The summed E-state index contributed by atoms with van der Waals surface area (Å²) < 4.78 is 13.7. The van der Waals surface area contributed by atoms with E-state index in [0.717, 1.165) is 18.5 Å². The lowest BCUT2D eigenvalue weighted by molar-refractivity contribution is 0.198. The Balaban J connectivity index is 2.41. The molecule has 0 aromatic heterocycles. The van der Waals surface area contributed by atoms with Gasteiger partial charge in [-0.05, 0) is 50.8 Å². The smallest absolute Gasteiger partial charge is 0.126 e. The van der Waals surface area contributed by atoms with Crippen LogP contribution in [0, 0.1) is 12.7 Å². The molecule has 3 nitrogen and oxygen atoms in total. The van der Waals surface area contributed by atoms with Gasteiger partial charge in [-0.15, -0.1) is 0 Å². The van der Waals surface area contributed by atoms with Crippen LogP contribution in [0.5, 0.6) is 0 Å². The predicted molar refractivity (Wildman–Crippen MR) is 73.8 cm³/mol. The van der Waals surface area contributed by atoms with Crippen molar-refractivity contribution in [1.82, 2.24) is 0 Å². The molecule has 4 heteroatoms. The molecule has 19 heavy (non-hydrogen) atoms. The Labute approximate surface area is 113 Å². The van der Waals surface area contributed by atoms with Crippen molar-refractivity contribution < 1.29 is 14.6 Å². The van der Waals surface area contributed by atoms with Gasteiger partial charge in [0.25, 0.3) is 0 Å². The lowest BCUT2D eigenvalue weighted by atomic mass is 9.90. The number of rotatable bonds is 5. The van der Waals surface area contributed by atoms with Crippen molar-refractivity contribution in [1.29, 1.82) is 0 Å². The van der Waals surface area contributed by atoms with E-state index < -0.39 is 6.10 Å². The summed E-state index contributed by atoms with van der Waals surface area (Å²) in [4.78, 5) is 2.11. The van der Waals surface area contributed by atoms with E-state index in [1.54, 1.807) is 19.9 Å². The number of nitrogens with zero attached hydrogens (tertiary/aromatic N) is 1. The highest BCUT2D eigenvalue weighted by molar-refractivity contribution is 5.57. The van der Waals surface area contributed by atoms with Gasteiger partial charge < -0.3 is 15.1 Å². The van der Waals surface area contributed by atoms with Crippen LogP contribution < -0.4 is 4.90 Å². The Kier molecular flexibility index (Phi) is 4.42. The molecule has 0 radical (unpaired) electrons. The van der Waals surface area contributed by atoms with Gasteiger partial charge in [0.05, 0.1) is 12.7 Å². The van der Waals surface area contributed by atoms with Gasteiger partial charge in [0, 0.05) is 23.8 Å². The van der Waals surface area contributed by atoms with Gasteiger partial charge in [-0.25, -0.2) is 4.39 Å². The average molecular weight is 267 g/mol. The van der Waals surface area contributed by atoms with Crippen LogP contribution in [-0.4, -0.2) is 29.4 Å². The van der Waals surface area contributed by atoms with Gasteiger partial charge in [-0.3, -0.25) is 0 Å². The molecule has 0 aliphatic heterocycles. The van der Waals surface area contributed by atoms with Crippen LogP contribution >= 0.6 is 0 Å². The Morgan fingerprint density at radius 1 is 1.42 bits per heavy atom. The van der Waals surface area contributed by atoms with Crippen molar-refractivity contribution >= 4 is 5.69 Å². The van der Waals surface area contributed by atoms with Gasteiger partial charge in [0.1, 0.15) is 5.82 Å². The molecule has 0 saturated heterocycles. The topological polar surface area (TPSA) is 43.7 Å². The zero-order valence-corrected chi connectivity index (χ0v) is 11.6. The van der Waals surface area contributed by atoms with Crippen molar-refractivity contribution in [3.05, 3.63) is 29.1 Å². The fourth-order valence-electron chi connectivity index (χ4n) is 2.57. The number of halogens is 1. The van der Waals surface area contributed by atoms with Crippen molar-refractivity contribution in [2.45, 2.75) is 45.3 Å². The maximum atomic E-state index is 13.7. The molecule has 1 fully saturated rings. The third kappa shape index (κ3) is 2.90. The maximum absolute atomic E-state index is 13.7. The quantitative estimate of drug-likeness (QED) is 0.861. The van der Waals surface area contributed by atoms with Crippen LogP contribution in [0.2, 0.25) is 0 Å². The minimum absolute atomic E-state index is 0.0617. The van der Waals surface area contributed by atoms with E-state index >= 15 is 0 Å². The van der Waals surface area contributed by atoms with Crippen molar-refractivity contribution in [2.75, 3.05) is 18.1 Å². The summed E-state index contributed by atoms with van der Waals surface area (Å²) in [6, 6.07) is 3.60. The fourth-order valence-corrected chi connectivity index (χ4v) is 2.57. The summed E-state index contributed by atoms with van der Waals surface area (Å²) in [5, 5.41) is 19.1. The SMILES string of the molecule is Cc1cc(N(CCO)C2CCC2)c(C(C)O)cc1F. The van der Waals surface area contributed by atoms with Crippen LogP contribution in [0.15, 0.2) is 12.1 Å². The van der Waals surface area contributed by atoms with Crippen LogP contribution in [0.3, 0.4) is 0 Å². The van der Waals surface area contributed by atoms with E-state index in [0.29, 0.717) is 23.7 Å². The lowest BCUT2D eigenvalue weighted by Crippen LogP contribution is -2.42. The monoisotopic (exact) mass is 267 g/mol. The number of hydrogen-bond acceptors (Lipinski definition) is 3. The van der Waals surface area contributed by atoms with Crippen LogP contribution in [-0.2, 0) is 0 Å². The highest BCUT2D eigenvalue weighted by Gasteiger charge is 2.27. The first-order valence-corrected chi connectivity index (χ1v) is 6.90. The van der Waals surface area contributed by atoms with Crippen LogP contribution in [0.25, 0.3) is 0 Å². The fraction of sp³-hybridized carbons (Fsp3) is 0.600. The molecule has 0 heterocycles. The van der Waals surface area contributed by atoms with Gasteiger partial charge in [0.15, 0.2) is 0 Å². The van der Waals surface area contributed by atoms with Crippen molar-refractivity contribution in [2.24, 2.45) is 0 Å². The molecular formula is C15H22FNO2. The molecule has 2 rings (SSSR count). The third-order valence-corrected chi connectivity index (χ3v) is 3.92. The predicted octanol–water partition coefficient (Wildman–Crippen LogP) is 2.54. The van der Waals surface area contributed by atoms with E-state index in [2.05, 4.69) is 4.90 Å². The maximum Gasteiger partial charge on any atom is 0.126 e. The molecule has 0 spiro atoms. The van der Waals surface area contributed by atoms with Gasteiger partial charge in [-0.1, -0.05) is 0 Å². The standard InChI is InChI=1S/C15H22FNO2/c1-10-8-15(13(11(2)19)9-14(10)16)17(6-7-18)12-4-3-5-12/h8-9,11-12,18-19H,3-7H2,1-2H3. The van der Waals surface area contributed by atoms with Gasteiger partial charge >= 0.3 is 0 Å². The molecule has 1 aliphatic carbocycles. The Morgan fingerprint density at radius 2 is 2.11 bits per heavy atom. The molecule has 2 N–H and O–H groups in total. The first-order valence-electron chi connectivity index (χ1n) is 6.90. The van der Waals surface area contributed by atoms with E-state index in [-0.39, 0.29) is 12.4 Å². The highest BCUT2D eigenvalue weighted by atomic mass is 19.1. The molecule has 0 amide bonds. The summed E-state index contributed by atoms with van der Waals surface area (Å²) in [6.07, 6.45) is 2.66. The first kappa shape index (κ1) is 14.3. The van der Waals surface area contributed by atoms with Crippen molar-refractivity contribution in [3.63, 3.8) is 0 Å². The Hall–Kier alpha value is -1.13. The number of aliphatic hydroxyl groups excluding tert-OH is 2. The number of anilines is 1. The lowest BCUT2D eigenvalue weighted by Gasteiger charge is -2.40. The molecule has 1 aliphatic rings. The number of benzene rings is 1. The average Bonchev–Trinajstić information content (AvgIpc) is 2.29. The Morgan fingerprint density at radius 3 is 2.58 bits per heavy atom. The van der Waals surface area contributed by atoms with E-state index in [1.165, 1.54) is 12.5 Å². The van der Waals surface area contributed by atoms with Crippen LogP contribution in [0.4, 0.5) is 10.1 Å². The molecular weight excluding hydrogens is 245 g/mol. The van der Waals surface area contributed by atoms with E-state index in [1.807, 2.05) is 0 Å². The molecule has 1 aromatic rings. The largest absolute Gasteiger partial charge is 0.395 e. The zero-order valence-electron chi connectivity index (χ0n) is 11.6. The summed E-state index contributed by atoms with van der Waals surface area (Å²) in [7, 11) is 0. The molecule has 1 saturated carbocycles. The summed E-state index contributed by atoms with van der Waals surface area (Å²) in [6.45, 7) is 3.95. The molecule has 106 valence electrons. The molecule has 1 unspecified atom stereocenters. The second-order valence-electron chi connectivity index (χ2n) is 5.34. The molecule has 0 bridgehead atoms. The minimum atomic E-state index is -0.716. The van der Waals surface area contributed by atoms with E-state index in [9.17, 15) is 14.6 Å². The third-order valence-electron chi connectivity index (χ3n) is 3.92. The zero-order chi connectivity index (χ0) is 14.0. The van der Waals surface area contributed by atoms with Gasteiger partial charge in [0.2, 0.25) is 0 Å². The number of hydrogen-bond donors (Lipinski definition) is 2. The first-order chi connectivity index (χ1) is 9.04. The van der Waals surface area contributed by atoms with Crippen molar-refractivity contribution in [3.8, 4) is 0 Å². The number of aryl methyl sites for hydroxylation is 1. The van der Waals surface area contributed by atoms with E-state index in [4.69, 9.17) is 0 Å². The second-order valence-corrected chi connectivity index (χ2v) is 5.34.